The molecule has 1 aliphatic heterocycles. The number of anilines is 1. The molecule has 3 rings (SSSR count). The number of hydrogen-bond donors (Lipinski definition) is 0. The van der Waals surface area contributed by atoms with Crippen molar-refractivity contribution < 1.29 is 9.18 Å². The first-order valence-electron chi connectivity index (χ1n) is 9.43. The lowest BCUT2D eigenvalue weighted by Crippen LogP contribution is -2.38. The van der Waals surface area contributed by atoms with Crippen LogP contribution in [0.4, 0.5) is 10.1 Å². The Balaban J connectivity index is 1.54. The largest absolute Gasteiger partial charge is 0.370 e. The Kier molecular flexibility index (Phi) is 5.75. The Hall–Kier alpha value is -1.58. The van der Waals surface area contributed by atoms with E-state index in [0.29, 0.717) is 5.91 Å². The standard InChI is InChI=1S/C20H29FN2O/c1-16(15-17-5-2-3-6-17)20(24)23-12-4-11-22(13-14-23)19-9-7-18(21)8-10-19/h7-10,16-17H,2-6,11-15H2,1H3. The zero-order valence-corrected chi connectivity index (χ0v) is 14.7. The van der Waals surface area contributed by atoms with Crippen molar-refractivity contribution in [3.63, 3.8) is 0 Å². The lowest BCUT2D eigenvalue weighted by atomic mass is 9.93. The molecule has 1 heterocycles. The van der Waals surface area contributed by atoms with E-state index in [1.54, 1.807) is 0 Å². The first-order chi connectivity index (χ1) is 11.6. The zero-order chi connectivity index (χ0) is 16.9. The molecular formula is C20H29FN2O. The van der Waals surface area contributed by atoms with Crippen LogP contribution in [0.1, 0.15) is 45.4 Å². The highest BCUT2D eigenvalue weighted by molar-refractivity contribution is 5.78. The smallest absolute Gasteiger partial charge is 0.225 e. The molecule has 3 nitrogen and oxygen atoms in total. The first kappa shape index (κ1) is 17.2. The number of nitrogens with zero attached hydrogens (tertiary/aromatic N) is 2. The Morgan fingerprint density at radius 2 is 1.79 bits per heavy atom. The molecule has 0 aromatic heterocycles. The van der Waals surface area contributed by atoms with Crippen molar-refractivity contribution in [3.8, 4) is 0 Å². The van der Waals surface area contributed by atoms with E-state index in [9.17, 15) is 9.18 Å². The van der Waals surface area contributed by atoms with Gasteiger partial charge in [-0.25, -0.2) is 4.39 Å². The first-order valence-corrected chi connectivity index (χ1v) is 9.43. The number of carbonyl (C=O) groups is 1. The van der Waals surface area contributed by atoms with Crippen LogP contribution in [-0.4, -0.2) is 37.0 Å². The molecule has 1 saturated carbocycles. The summed E-state index contributed by atoms with van der Waals surface area (Å²) in [6.45, 7) is 5.46. The Labute approximate surface area is 144 Å². The van der Waals surface area contributed by atoms with Gasteiger partial charge in [-0.05, 0) is 43.0 Å². The molecule has 24 heavy (non-hydrogen) atoms. The molecule has 4 heteroatoms. The SMILES string of the molecule is CC(CC1CCCC1)C(=O)N1CCCN(c2ccc(F)cc2)CC1. The van der Waals surface area contributed by atoms with Gasteiger partial charge in [0.25, 0.3) is 0 Å². The molecule has 1 aromatic rings. The molecular weight excluding hydrogens is 303 g/mol. The number of rotatable bonds is 4. The van der Waals surface area contributed by atoms with E-state index in [1.165, 1.54) is 37.8 Å². The second-order valence-electron chi connectivity index (χ2n) is 7.43. The van der Waals surface area contributed by atoms with Gasteiger partial charge in [-0.15, -0.1) is 0 Å². The summed E-state index contributed by atoms with van der Waals surface area (Å²) >= 11 is 0. The van der Waals surface area contributed by atoms with E-state index in [1.807, 2.05) is 17.0 Å². The Morgan fingerprint density at radius 3 is 2.50 bits per heavy atom. The summed E-state index contributed by atoms with van der Waals surface area (Å²) in [4.78, 5) is 17.1. The molecule has 0 spiro atoms. The predicted molar refractivity (Wildman–Crippen MR) is 95.5 cm³/mol. The predicted octanol–water partition coefficient (Wildman–Crippen LogP) is 4.08. The molecule has 1 unspecified atom stereocenters. The summed E-state index contributed by atoms with van der Waals surface area (Å²) < 4.78 is 13.1. The van der Waals surface area contributed by atoms with Crippen molar-refractivity contribution in [2.45, 2.75) is 45.4 Å². The van der Waals surface area contributed by atoms with Crippen molar-refractivity contribution in [1.29, 1.82) is 0 Å². The van der Waals surface area contributed by atoms with Gasteiger partial charge in [0.05, 0.1) is 0 Å². The Bertz CT molecular complexity index is 539. The second-order valence-corrected chi connectivity index (χ2v) is 7.43. The van der Waals surface area contributed by atoms with Crippen LogP contribution in [0, 0.1) is 17.7 Å². The fourth-order valence-electron chi connectivity index (χ4n) is 4.21. The minimum Gasteiger partial charge on any atom is -0.370 e. The topological polar surface area (TPSA) is 23.6 Å². The summed E-state index contributed by atoms with van der Waals surface area (Å²) in [5.74, 6) is 1.02. The van der Waals surface area contributed by atoms with Gasteiger partial charge in [-0.2, -0.15) is 0 Å². The molecule has 0 N–H and O–H groups in total. The number of halogens is 1. The number of amides is 1. The summed E-state index contributed by atoms with van der Waals surface area (Å²) in [7, 11) is 0. The second kappa shape index (κ2) is 8.00. The van der Waals surface area contributed by atoms with Gasteiger partial charge in [0.1, 0.15) is 5.82 Å². The minimum atomic E-state index is -0.203. The van der Waals surface area contributed by atoms with Crippen molar-refractivity contribution >= 4 is 11.6 Å². The van der Waals surface area contributed by atoms with Crippen molar-refractivity contribution in [3.05, 3.63) is 30.1 Å². The molecule has 1 saturated heterocycles. The molecule has 1 atom stereocenters. The highest BCUT2D eigenvalue weighted by Gasteiger charge is 2.26. The lowest BCUT2D eigenvalue weighted by Gasteiger charge is -2.26. The highest BCUT2D eigenvalue weighted by atomic mass is 19.1. The van der Waals surface area contributed by atoms with E-state index in [4.69, 9.17) is 0 Å². The van der Waals surface area contributed by atoms with Gasteiger partial charge < -0.3 is 9.80 Å². The van der Waals surface area contributed by atoms with E-state index in [-0.39, 0.29) is 11.7 Å². The molecule has 1 amide bonds. The third-order valence-electron chi connectivity index (χ3n) is 5.58. The van der Waals surface area contributed by atoms with Crippen LogP contribution >= 0.6 is 0 Å². The van der Waals surface area contributed by atoms with Crippen LogP contribution < -0.4 is 4.90 Å². The highest BCUT2D eigenvalue weighted by Crippen LogP contribution is 2.31. The number of benzene rings is 1. The van der Waals surface area contributed by atoms with Gasteiger partial charge in [0.2, 0.25) is 5.91 Å². The van der Waals surface area contributed by atoms with Crippen molar-refractivity contribution in [2.75, 3.05) is 31.1 Å². The van der Waals surface area contributed by atoms with E-state index in [0.717, 1.165) is 50.6 Å². The molecule has 2 fully saturated rings. The average Bonchev–Trinajstić information content (AvgIpc) is 2.97. The third-order valence-corrected chi connectivity index (χ3v) is 5.58. The Morgan fingerprint density at radius 1 is 1.08 bits per heavy atom. The number of carbonyl (C=O) groups excluding carboxylic acids is 1. The van der Waals surface area contributed by atoms with Crippen LogP contribution in [-0.2, 0) is 4.79 Å². The van der Waals surface area contributed by atoms with Crippen molar-refractivity contribution in [2.24, 2.45) is 11.8 Å². The van der Waals surface area contributed by atoms with Crippen LogP contribution in [0.2, 0.25) is 0 Å². The van der Waals surface area contributed by atoms with Crippen LogP contribution in [0.5, 0.6) is 0 Å². The molecule has 2 aliphatic rings. The van der Waals surface area contributed by atoms with Crippen molar-refractivity contribution in [1.82, 2.24) is 4.90 Å². The molecule has 0 bridgehead atoms. The van der Waals surface area contributed by atoms with Crippen LogP contribution in [0.25, 0.3) is 0 Å². The summed E-state index contributed by atoms with van der Waals surface area (Å²) in [6, 6.07) is 6.67. The third kappa shape index (κ3) is 4.28. The minimum absolute atomic E-state index is 0.144. The number of hydrogen-bond acceptors (Lipinski definition) is 2. The molecule has 1 aliphatic carbocycles. The van der Waals surface area contributed by atoms with Gasteiger partial charge >= 0.3 is 0 Å². The van der Waals surface area contributed by atoms with Crippen LogP contribution in [0.15, 0.2) is 24.3 Å². The molecule has 0 radical (unpaired) electrons. The quantitative estimate of drug-likeness (QED) is 0.829. The fraction of sp³-hybridized carbons (Fsp3) is 0.650. The maximum absolute atomic E-state index is 13.1. The van der Waals surface area contributed by atoms with E-state index >= 15 is 0 Å². The zero-order valence-electron chi connectivity index (χ0n) is 14.7. The summed E-state index contributed by atoms with van der Waals surface area (Å²) in [6.07, 6.45) is 7.30. The maximum atomic E-state index is 13.1. The van der Waals surface area contributed by atoms with Crippen LogP contribution in [0.3, 0.4) is 0 Å². The fourth-order valence-corrected chi connectivity index (χ4v) is 4.21. The maximum Gasteiger partial charge on any atom is 0.225 e. The summed E-state index contributed by atoms with van der Waals surface area (Å²) in [5.41, 5.74) is 1.05. The van der Waals surface area contributed by atoms with Gasteiger partial charge in [0, 0.05) is 37.8 Å². The molecule has 1 aromatic carbocycles. The normalized spacial score (nSPS) is 20.9. The van der Waals surface area contributed by atoms with Gasteiger partial charge in [0.15, 0.2) is 0 Å². The van der Waals surface area contributed by atoms with E-state index in [2.05, 4.69) is 11.8 Å². The van der Waals surface area contributed by atoms with Gasteiger partial charge in [-0.3, -0.25) is 4.79 Å². The molecule has 132 valence electrons. The average molecular weight is 332 g/mol. The van der Waals surface area contributed by atoms with Gasteiger partial charge in [-0.1, -0.05) is 32.6 Å². The van der Waals surface area contributed by atoms with E-state index < -0.39 is 0 Å². The monoisotopic (exact) mass is 332 g/mol. The summed E-state index contributed by atoms with van der Waals surface area (Å²) in [5, 5.41) is 0. The lowest BCUT2D eigenvalue weighted by molar-refractivity contribution is -0.135.